The molecule has 10 heteroatoms. The minimum absolute atomic E-state index is 0.0563. The summed E-state index contributed by atoms with van der Waals surface area (Å²) in [6, 6.07) is 2.45. The van der Waals surface area contributed by atoms with Crippen LogP contribution < -0.4 is 0 Å². The first kappa shape index (κ1) is 18.8. The molecule has 1 aromatic rings. The number of amides is 1. The number of hydrogen-bond donors (Lipinski definition) is 0. The molecule has 0 radical (unpaired) electrons. The highest BCUT2D eigenvalue weighted by atomic mass is 35.5. The molecule has 25 heavy (non-hydrogen) atoms. The summed E-state index contributed by atoms with van der Waals surface area (Å²) < 4.78 is 51.4. The fourth-order valence-electron chi connectivity index (χ4n) is 2.90. The van der Waals surface area contributed by atoms with E-state index >= 15 is 0 Å². The second kappa shape index (κ2) is 6.04. The van der Waals surface area contributed by atoms with Gasteiger partial charge in [0.2, 0.25) is 15.9 Å². The van der Waals surface area contributed by atoms with Gasteiger partial charge in [-0.15, -0.1) is 23.2 Å². The molecule has 0 aromatic heterocycles. The molecule has 1 aliphatic heterocycles. The van der Waals surface area contributed by atoms with Crippen molar-refractivity contribution in [2.24, 2.45) is 5.41 Å². The lowest BCUT2D eigenvalue weighted by molar-refractivity contribution is -0.137. The Morgan fingerprint density at radius 1 is 1.12 bits per heavy atom. The standard InChI is InChI=1S/C15H16Cl2F2N2O3S/c1-14(9-15(14,16)17)13(22)20-4-6-21(7-5-20)25(23,24)10-2-3-11(18)12(19)8-10/h2-3,8H,4-7,9H2,1H3/t14-/m0/s1. The van der Waals surface area contributed by atoms with Crippen molar-refractivity contribution in [2.45, 2.75) is 22.6 Å². The molecule has 1 saturated heterocycles. The second-order valence-electron chi connectivity index (χ2n) is 6.49. The molecule has 2 aliphatic rings. The van der Waals surface area contributed by atoms with Crippen LogP contribution in [-0.4, -0.2) is 54.0 Å². The van der Waals surface area contributed by atoms with Crippen molar-refractivity contribution in [1.29, 1.82) is 0 Å². The molecule has 0 bridgehead atoms. The zero-order valence-electron chi connectivity index (χ0n) is 13.3. The number of sulfonamides is 1. The predicted molar refractivity (Wildman–Crippen MR) is 88.9 cm³/mol. The van der Waals surface area contributed by atoms with E-state index in [1.807, 2.05) is 0 Å². The second-order valence-corrected chi connectivity index (χ2v) is 9.91. The van der Waals surface area contributed by atoms with Gasteiger partial charge >= 0.3 is 0 Å². The van der Waals surface area contributed by atoms with Gasteiger partial charge in [-0.3, -0.25) is 4.79 Å². The number of benzene rings is 1. The van der Waals surface area contributed by atoms with Crippen LogP contribution >= 0.6 is 23.2 Å². The van der Waals surface area contributed by atoms with Crippen molar-refractivity contribution >= 4 is 39.1 Å². The van der Waals surface area contributed by atoms with Crippen LogP contribution in [0.15, 0.2) is 23.1 Å². The molecule has 1 aliphatic carbocycles. The topological polar surface area (TPSA) is 57.7 Å². The van der Waals surface area contributed by atoms with Crippen molar-refractivity contribution in [3.05, 3.63) is 29.8 Å². The van der Waals surface area contributed by atoms with Crippen molar-refractivity contribution in [2.75, 3.05) is 26.2 Å². The minimum atomic E-state index is -3.96. The molecule has 1 heterocycles. The highest BCUT2D eigenvalue weighted by Crippen LogP contribution is 2.64. The zero-order chi connectivity index (χ0) is 18.6. The van der Waals surface area contributed by atoms with Gasteiger partial charge in [-0.2, -0.15) is 4.31 Å². The SMILES string of the molecule is C[C@@]1(C(=O)N2CCN(S(=O)(=O)c3ccc(F)c(F)c3)CC2)CC1(Cl)Cl. The lowest BCUT2D eigenvalue weighted by Gasteiger charge is -2.35. The van der Waals surface area contributed by atoms with Crippen molar-refractivity contribution in [1.82, 2.24) is 9.21 Å². The third kappa shape index (κ3) is 3.13. The number of piperazine rings is 1. The van der Waals surface area contributed by atoms with E-state index in [1.165, 1.54) is 4.90 Å². The van der Waals surface area contributed by atoms with Gasteiger partial charge in [0.05, 0.1) is 10.3 Å². The quantitative estimate of drug-likeness (QED) is 0.716. The van der Waals surface area contributed by atoms with E-state index in [1.54, 1.807) is 6.92 Å². The van der Waals surface area contributed by atoms with Crippen LogP contribution in [0.5, 0.6) is 0 Å². The molecule has 3 rings (SSSR count). The summed E-state index contributed by atoms with van der Waals surface area (Å²) in [4.78, 5) is 13.7. The summed E-state index contributed by atoms with van der Waals surface area (Å²) >= 11 is 12.0. The number of carbonyl (C=O) groups is 1. The summed E-state index contributed by atoms with van der Waals surface area (Å²) in [5, 5.41) is 0. The third-order valence-corrected chi connectivity index (χ3v) is 7.78. The highest BCUT2D eigenvalue weighted by molar-refractivity contribution is 7.89. The van der Waals surface area contributed by atoms with Crippen molar-refractivity contribution in [3.63, 3.8) is 0 Å². The van der Waals surface area contributed by atoms with E-state index in [-0.39, 0.29) is 37.0 Å². The summed E-state index contributed by atoms with van der Waals surface area (Å²) in [5.74, 6) is -2.54. The maximum absolute atomic E-state index is 13.3. The van der Waals surface area contributed by atoms with Crippen LogP contribution in [0, 0.1) is 17.0 Å². The Bertz CT molecular complexity index is 826. The number of alkyl halides is 2. The number of nitrogens with zero attached hydrogens (tertiary/aromatic N) is 2. The first-order valence-electron chi connectivity index (χ1n) is 7.61. The smallest absolute Gasteiger partial charge is 0.243 e. The molecule has 0 unspecified atom stereocenters. The number of rotatable bonds is 3. The fraction of sp³-hybridized carbons (Fsp3) is 0.533. The van der Waals surface area contributed by atoms with Gasteiger partial charge in [-0.1, -0.05) is 0 Å². The molecule has 1 atom stereocenters. The van der Waals surface area contributed by atoms with E-state index in [4.69, 9.17) is 23.2 Å². The number of halogens is 4. The number of carbonyl (C=O) groups excluding carboxylic acids is 1. The van der Waals surface area contributed by atoms with Gasteiger partial charge in [0, 0.05) is 26.2 Å². The van der Waals surface area contributed by atoms with E-state index in [2.05, 4.69) is 0 Å². The average Bonchev–Trinajstić information content (AvgIpc) is 3.08. The summed E-state index contributed by atoms with van der Waals surface area (Å²) in [5.41, 5.74) is -0.850. The normalized spacial score (nSPS) is 26.5. The lowest BCUT2D eigenvalue weighted by atomic mass is 10.1. The van der Waals surface area contributed by atoms with Crippen LogP contribution in [-0.2, 0) is 14.8 Å². The van der Waals surface area contributed by atoms with Crippen LogP contribution in [0.2, 0.25) is 0 Å². The Hall–Kier alpha value is -0.960. The van der Waals surface area contributed by atoms with Crippen molar-refractivity contribution in [3.8, 4) is 0 Å². The van der Waals surface area contributed by atoms with Crippen LogP contribution in [0.25, 0.3) is 0 Å². The van der Waals surface area contributed by atoms with E-state index in [0.29, 0.717) is 12.5 Å². The van der Waals surface area contributed by atoms with E-state index < -0.39 is 31.4 Å². The molecule has 5 nitrogen and oxygen atoms in total. The minimum Gasteiger partial charge on any atom is -0.339 e. The van der Waals surface area contributed by atoms with Gasteiger partial charge in [0.15, 0.2) is 11.6 Å². The largest absolute Gasteiger partial charge is 0.339 e. The molecule has 0 N–H and O–H groups in total. The van der Waals surface area contributed by atoms with Gasteiger partial charge < -0.3 is 4.90 Å². The zero-order valence-corrected chi connectivity index (χ0v) is 15.6. The Morgan fingerprint density at radius 2 is 1.68 bits per heavy atom. The van der Waals surface area contributed by atoms with Gasteiger partial charge in [0.1, 0.15) is 4.33 Å². The molecule has 0 spiro atoms. The molecule has 2 fully saturated rings. The van der Waals surface area contributed by atoms with Crippen LogP contribution in [0.1, 0.15) is 13.3 Å². The highest BCUT2D eigenvalue weighted by Gasteiger charge is 2.68. The maximum Gasteiger partial charge on any atom is 0.243 e. The Kier molecular flexibility index (Phi) is 4.55. The first-order valence-corrected chi connectivity index (χ1v) is 9.81. The molecular formula is C15H16Cl2F2N2O3S. The van der Waals surface area contributed by atoms with Crippen LogP contribution in [0.4, 0.5) is 8.78 Å². The van der Waals surface area contributed by atoms with Gasteiger partial charge in [0.25, 0.3) is 0 Å². The van der Waals surface area contributed by atoms with Crippen LogP contribution in [0.3, 0.4) is 0 Å². The fourth-order valence-corrected chi connectivity index (χ4v) is 5.03. The Morgan fingerprint density at radius 3 is 2.16 bits per heavy atom. The lowest BCUT2D eigenvalue weighted by Crippen LogP contribution is -2.52. The average molecular weight is 413 g/mol. The maximum atomic E-state index is 13.3. The summed E-state index contributed by atoms with van der Waals surface area (Å²) in [6.07, 6.45) is 0.356. The monoisotopic (exact) mass is 412 g/mol. The molecular weight excluding hydrogens is 397 g/mol. The summed E-state index contributed by atoms with van der Waals surface area (Å²) in [6.45, 7) is 2.16. The predicted octanol–water partition coefficient (Wildman–Crippen LogP) is 2.38. The molecule has 138 valence electrons. The van der Waals surface area contributed by atoms with Crippen molar-refractivity contribution < 1.29 is 22.0 Å². The van der Waals surface area contributed by atoms with E-state index in [0.717, 1.165) is 16.4 Å². The Balaban J connectivity index is 1.69. The molecule has 1 amide bonds. The Labute approximate surface area is 154 Å². The summed E-state index contributed by atoms with van der Waals surface area (Å²) in [7, 11) is -3.96. The molecule has 1 aromatic carbocycles. The number of hydrogen-bond acceptors (Lipinski definition) is 3. The third-order valence-electron chi connectivity index (χ3n) is 4.78. The first-order chi connectivity index (χ1) is 11.5. The molecule has 1 saturated carbocycles. The van der Waals surface area contributed by atoms with Gasteiger partial charge in [-0.25, -0.2) is 17.2 Å². The van der Waals surface area contributed by atoms with Gasteiger partial charge in [-0.05, 0) is 31.5 Å². The van der Waals surface area contributed by atoms with E-state index in [9.17, 15) is 22.0 Å².